The molecule has 0 saturated carbocycles. The molecule has 0 saturated heterocycles. The van der Waals surface area contributed by atoms with Gasteiger partial charge in [-0.05, 0) is 25.7 Å². The summed E-state index contributed by atoms with van der Waals surface area (Å²) in [5.74, 6) is 0.784. The lowest BCUT2D eigenvalue weighted by atomic mass is 10.1. The minimum Gasteiger partial charge on any atom is -0.381 e. The maximum atomic E-state index is 5.12. The van der Waals surface area contributed by atoms with E-state index in [0.29, 0.717) is 6.61 Å². The Morgan fingerprint density at radius 2 is 2.11 bits per heavy atom. The van der Waals surface area contributed by atoms with Crippen LogP contribution in [0.2, 0.25) is 0 Å². The first-order chi connectivity index (χ1) is 4.27. The van der Waals surface area contributed by atoms with Crippen molar-refractivity contribution in [2.75, 3.05) is 13.2 Å². The van der Waals surface area contributed by atoms with Crippen molar-refractivity contribution < 1.29 is 4.74 Å². The van der Waals surface area contributed by atoms with E-state index in [1.54, 1.807) is 0 Å². The van der Waals surface area contributed by atoms with E-state index in [0.717, 1.165) is 18.9 Å². The molecular formula is C8H16O. The zero-order valence-electron chi connectivity index (χ0n) is 6.39. The maximum absolute atomic E-state index is 5.12. The molecular weight excluding hydrogens is 112 g/mol. The van der Waals surface area contributed by atoms with Gasteiger partial charge in [0.1, 0.15) is 0 Å². The molecule has 0 aliphatic rings. The number of rotatable bonds is 5. The summed E-state index contributed by atoms with van der Waals surface area (Å²) in [7, 11) is 0. The average molecular weight is 128 g/mol. The minimum atomic E-state index is 0.359. The van der Waals surface area contributed by atoms with E-state index in [1.807, 2.05) is 0 Å². The van der Waals surface area contributed by atoms with Crippen LogP contribution in [0, 0.1) is 12.8 Å². The molecule has 0 N–H and O–H groups in total. The van der Waals surface area contributed by atoms with E-state index in [1.165, 1.54) is 6.42 Å². The Morgan fingerprint density at radius 1 is 1.44 bits per heavy atom. The summed E-state index contributed by atoms with van der Waals surface area (Å²) in [6, 6.07) is 0. The predicted molar refractivity (Wildman–Crippen MR) is 39.2 cm³/mol. The smallest absolute Gasteiger partial charge is 0.0501 e. The molecule has 0 unspecified atom stereocenters. The van der Waals surface area contributed by atoms with Crippen LogP contribution in [0.25, 0.3) is 0 Å². The Morgan fingerprint density at radius 3 is 2.56 bits per heavy atom. The largest absolute Gasteiger partial charge is 0.381 e. The monoisotopic (exact) mass is 128 g/mol. The minimum absolute atomic E-state index is 0.359. The molecule has 0 heterocycles. The third-order valence-corrected chi connectivity index (χ3v) is 1.19. The normalized spacial score (nSPS) is 10.7. The molecule has 0 spiro atoms. The van der Waals surface area contributed by atoms with E-state index in [9.17, 15) is 0 Å². The second kappa shape index (κ2) is 6.09. The van der Waals surface area contributed by atoms with Gasteiger partial charge in [-0.3, -0.25) is 0 Å². The topological polar surface area (TPSA) is 9.23 Å². The standard InChI is InChI=1S/C8H16O/c1-4-9-7-5-6-8(2)3/h1,8H,4-7H2,2-3H3. The third kappa shape index (κ3) is 7.96. The molecule has 0 aliphatic heterocycles. The van der Waals surface area contributed by atoms with Gasteiger partial charge in [0.15, 0.2) is 0 Å². The fourth-order valence-electron chi connectivity index (χ4n) is 0.677. The zero-order chi connectivity index (χ0) is 7.11. The van der Waals surface area contributed by atoms with Gasteiger partial charge in [-0.15, -0.1) is 0 Å². The highest BCUT2D eigenvalue weighted by molar-refractivity contribution is 4.44. The van der Waals surface area contributed by atoms with Crippen molar-refractivity contribution in [2.45, 2.75) is 26.7 Å². The molecule has 1 heteroatoms. The van der Waals surface area contributed by atoms with Gasteiger partial charge in [0.05, 0.1) is 6.61 Å². The van der Waals surface area contributed by atoms with Crippen molar-refractivity contribution in [3.8, 4) is 0 Å². The fraction of sp³-hybridized carbons (Fsp3) is 0.875. The van der Waals surface area contributed by atoms with Gasteiger partial charge in [-0.25, -0.2) is 0 Å². The van der Waals surface area contributed by atoms with Gasteiger partial charge in [0.25, 0.3) is 0 Å². The molecule has 1 nitrogen and oxygen atoms in total. The maximum Gasteiger partial charge on any atom is 0.0501 e. The summed E-state index contributed by atoms with van der Waals surface area (Å²) in [5.41, 5.74) is 0. The summed E-state index contributed by atoms with van der Waals surface area (Å²) in [5, 5.41) is 0. The molecule has 0 atom stereocenters. The summed E-state index contributed by atoms with van der Waals surface area (Å²) < 4.78 is 4.96. The van der Waals surface area contributed by atoms with Crippen molar-refractivity contribution in [1.29, 1.82) is 0 Å². The molecule has 0 aromatic heterocycles. The Hall–Kier alpha value is -0.0400. The van der Waals surface area contributed by atoms with E-state index in [2.05, 4.69) is 13.8 Å². The van der Waals surface area contributed by atoms with Gasteiger partial charge < -0.3 is 4.74 Å². The Balaban J connectivity index is 2.75. The van der Waals surface area contributed by atoms with Crippen LogP contribution in [-0.2, 0) is 4.74 Å². The molecule has 54 valence electrons. The first-order valence-corrected chi connectivity index (χ1v) is 3.55. The first-order valence-electron chi connectivity index (χ1n) is 3.55. The molecule has 2 radical (unpaired) electrons. The Labute approximate surface area is 58.4 Å². The van der Waals surface area contributed by atoms with Crippen molar-refractivity contribution in [3.63, 3.8) is 0 Å². The molecule has 0 amide bonds. The Bertz CT molecular complexity index is 50.5. The quantitative estimate of drug-likeness (QED) is 0.515. The van der Waals surface area contributed by atoms with Crippen LogP contribution >= 0.6 is 0 Å². The first kappa shape index (κ1) is 8.96. The van der Waals surface area contributed by atoms with Gasteiger partial charge in [-0.2, -0.15) is 0 Å². The fourth-order valence-corrected chi connectivity index (χ4v) is 0.677. The van der Waals surface area contributed by atoms with Crippen LogP contribution in [0.15, 0.2) is 0 Å². The van der Waals surface area contributed by atoms with Crippen LogP contribution in [0.3, 0.4) is 0 Å². The molecule has 0 aliphatic carbocycles. The van der Waals surface area contributed by atoms with Crippen LogP contribution in [0.1, 0.15) is 26.7 Å². The van der Waals surface area contributed by atoms with Gasteiger partial charge in [-0.1, -0.05) is 13.8 Å². The van der Waals surface area contributed by atoms with Crippen LogP contribution in [0.5, 0.6) is 0 Å². The number of hydrogen-bond acceptors (Lipinski definition) is 1. The zero-order valence-corrected chi connectivity index (χ0v) is 6.39. The van der Waals surface area contributed by atoms with Crippen LogP contribution < -0.4 is 0 Å². The number of hydrogen-bond donors (Lipinski definition) is 0. The highest BCUT2D eigenvalue weighted by Crippen LogP contribution is 2.02. The summed E-state index contributed by atoms with van der Waals surface area (Å²) in [6.45, 7) is 10.7. The van der Waals surface area contributed by atoms with Crippen molar-refractivity contribution in [3.05, 3.63) is 6.92 Å². The SMILES string of the molecule is [CH]COCCCC(C)C. The lowest BCUT2D eigenvalue weighted by Gasteiger charge is -2.02. The van der Waals surface area contributed by atoms with E-state index < -0.39 is 0 Å². The lowest BCUT2D eigenvalue weighted by Crippen LogP contribution is -1.95. The second-order valence-corrected chi connectivity index (χ2v) is 2.61. The highest BCUT2D eigenvalue weighted by atomic mass is 16.5. The summed E-state index contributed by atoms with van der Waals surface area (Å²) in [4.78, 5) is 0. The summed E-state index contributed by atoms with van der Waals surface area (Å²) >= 11 is 0. The predicted octanol–water partition coefficient (Wildman–Crippen LogP) is 2.15. The lowest BCUT2D eigenvalue weighted by molar-refractivity contribution is 0.153. The van der Waals surface area contributed by atoms with E-state index >= 15 is 0 Å². The Kier molecular flexibility index (Phi) is 6.06. The molecule has 0 aromatic carbocycles. The average Bonchev–Trinajstić information content (AvgIpc) is 1.80. The molecule has 0 rings (SSSR count). The second-order valence-electron chi connectivity index (χ2n) is 2.61. The van der Waals surface area contributed by atoms with Gasteiger partial charge in [0.2, 0.25) is 0 Å². The highest BCUT2D eigenvalue weighted by Gasteiger charge is 1.91. The molecule has 9 heavy (non-hydrogen) atoms. The van der Waals surface area contributed by atoms with Crippen LogP contribution in [0.4, 0.5) is 0 Å². The molecule has 0 aromatic rings. The number of ether oxygens (including phenoxy) is 1. The van der Waals surface area contributed by atoms with Gasteiger partial charge in [0, 0.05) is 6.61 Å². The van der Waals surface area contributed by atoms with Crippen LogP contribution in [-0.4, -0.2) is 13.2 Å². The molecule has 0 bridgehead atoms. The van der Waals surface area contributed by atoms with Crippen molar-refractivity contribution in [2.24, 2.45) is 5.92 Å². The van der Waals surface area contributed by atoms with Crippen molar-refractivity contribution >= 4 is 0 Å². The van der Waals surface area contributed by atoms with Gasteiger partial charge >= 0.3 is 0 Å². The van der Waals surface area contributed by atoms with E-state index in [-0.39, 0.29) is 0 Å². The summed E-state index contributed by atoms with van der Waals surface area (Å²) in [6.07, 6.45) is 2.37. The van der Waals surface area contributed by atoms with Crippen molar-refractivity contribution in [1.82, 2.24) is 0 Å². The molecule has 0 fully saturated rings. The van der Waals surface area contributed by atoms with E-state index in [4.69, 9.17) is 11.7 Å². The third-order valence-electron chi connectivity index (χ3n) is 1.19.